The standard InChI is InChI=1S/C11H13NO3/c13-10-3-1-2-8-7(4-11(14)15)5-12-6-9(8)10/h1-3,7,12-13H,4-6H2,(H,14,15). The van der Waals surface area contributed by atoms with Gasteiger partial charge in [0.05, 0.1) is 6.42 Å². The van der Waals surface area contributed by atoms with Crippen molar-refractivity contribution < 1.29 is 15.0 Å². The van der Waals surface area contributed by atoms with Gasteiger partial charge < -0.3 is 15.5 Å². The van der Waals surface area contributed by atoms with Crippen molar-refractivity contribution in [1.29, 1.82) is 0 Å². The zero-order chi connectivity index (χ0) is 10.8. The number of fused-ring (bicyclic) bond motifs is 1. The molecule has 0 saturated carbocycles. The lowest BCUT2D eigenvalue weighted by Crippen LogP contribution is -2.29. The number of carbonyl (C=O) groups is 1. The van der Waals surface area contributed by atoms with Gasteiger partial charge in [-0.25, -0.2) is 0 Å². The molecule has 0 spiro atoms. The van der Waals surface area contributed by atoms with Crippen LogP contribution in [0.1, 0.15) is 23.5 Å². The zero-order valence-corrected chi connectivity index (χ0v) is 8.23. The van der Waals surface area contributed by atoms with Gasteiger partial charge >= 0.3 is 5.97 Å². The van der Waals surface area contributed by atoms with E-state index in [2.05, 4.69) is 5.32 Å². The number of rotatable bonds is 2. The van der Waals surface area contributed by atoms with Gasteiger partial charge in [-0.1, -0.05) is 12.1 Å². The number of aromatic hydroxyl groups is 1. The summed E-state index contributed by atoms with van der Waals surface area (Å²) in [5.41, 5.74) is 1.78. The number of nitrogens with one attached hydrogen (secondary N) is 1. The highest BCUT2D eigenvalue weighted by atomic mass is 16.4. The highest BCUT2D eigenvalue weighted by Gasteiger charge is 2.23. The van der Waals surface area contributed by atoms with Crippen molar-refractivity contribution in [2.24, 2.45) is 0 Å². The summed E-state index contributed by atoms with van der Waals surface area (Å²) in [6.07, 6.45) is 0.101. The van der Waals surface area contributed by atoms with Crippen molar-refractivity contribution in [1.82, 2.24) is 5.32 Å². The first-order valence-corrected chi connectivity index (χ1v) is 4.91. The molecule has 2 rings (SSSR count). The third-order valence-corrected chi connectivity index (χ3v) is 2.74. The first-order valence-electron chi connectivity index (χ1n) is 4.91. The summed E-state index contributed by atoms with van der Waals surface area (Å²) in [4.78, 5) is 10.7. The van der Waals surface area contributed by atoms with Crippen molar-refractivity contribution in [2.45, 2.75) is 18.9 Å². The SMILES string of the molecule is O=C(O)CC1CNCc2c(O)cccc21. The molecule has 1 aliphatic rings. The van der Waals surface area contributed by atoms with E-state index in [0.717, 1.165) is 11.1 Å². The molecule has 1 aromatic carbocycles. The first kappa shape index (κ1) is 9.98. The lowest BCUT2D eigenvalue weighted by atomic mass is 9.88. The quantitative estimate of drug-likeness (QED) is 0.678. The fraction of sp³-hybridized carbons (Fsp3) is 0.364. The van der Waals surface area contributed by atoms with Crippen LogP contribution in [0.25, 0.3) is 0 Å². The molecular weight excluding hydrogens is 194 g/mol. The van der Waals surface area contributed by atoms with Gasteiger partial charge in [-0.3, -0.25) is 4.79 Å². The summed E-state index contributed by atoms with van der Waals surface area (Å²) < 4.78 is 0. The fourth-order valence-corrected chi connectivity index (χ4v) is 2.04. The second-order valence-electron chi connectivity index (χ2n) is 3.77. The molecule has 0 amide bonds. The highest BCUT2D eigenvalue weighted by Crippen LogP contribution is 2.31. The topological polar surface area (TPSA) is 69.6 Å². The van der Waals surface area contributed by atoms with Gasteiger partial charge in [-0.15, -0.1) is 0 Å². The number of hydrogen-bond acceptors (Lipinski definition) is 3. The van der Waals surface area contributed by atoms with E-state index in [-0.39, 0.29) is 18.1 Å². The van der Waals surface area contributed by atoms with Crippen LogP contribution < -0.4 is 5.32 Å². The van der Waals surface area contributed by atoms with E-state index < -0.39 is 5.97 Å². The zero-order valence-electron chi connectivity index (χ0n) is 8.23. The van der Waals surface area contributed by atoms with Crippen molar-refractivity contribution in [3.63, 3.8) is 0 Å². The van der Waals surface area contributed by atoms with Crippen LogP contribution in [0.15, 0.2) is 18.2 Å². The molecule has 4 nitrogen and oxygen atoms in total. The average molecular weight is 207 g/mol. The first-order chi connectivity index (χ1) is 7.18. The van der Waals surface area contributed by atoms with Crippen molar-refractivity contribution in [2.75, 3.05) is 6.54 Å². The summed E-state index contributed by atoms with van der Waals surface area (Å²) in [6, 6.07) is 5.28. The van der Waals surface area contributed by atoms with E-state index in [9.17, 15) is 9.90 Å². The maximum Gasteiger partial charge on any atom is 0.304 e. The van der Waals surface area contributed by atoms with E-state index in [1.807, 2.05) is 6.07 Å². The Bertz CT molecular complexity index is 389. The Morgan fingerprint density at radius 1 is 1.53 bits per heavy atom. The monoisotopic (exact) mass is 207 g/mol. The molecule has 1 aromatic rings. The lowest BCUT2D eigenvalue weighted by molar-refractivity contribution is -0.137. The third kappa shape index (κ3) is 1.94. The predicted molar refractivity (Wildman–Crippen MR) is 54.8 cm³/mol. The largest absolute Gasteiger partial charge is 0.508 e. The van der Waals surface area contributed by atoms with Crippen LogP contribution in [-0.4, -0.2) is 22.7 Å². The van der Waals surface area contributed by atoms with E-state index in [1.54, 1.807) is 12.1 Å². The highest BCUT2D eigenvalue weighted by molar-refractivity contribution is 5.68. The Kier molecular flexibility index (Phi) is 2.60. The molecule has 1 unspecified atom stereocenters. The molecule has 80 valence electrons. The molecule has 1 aliphatic heterocycles. The fourth-order valence-electron chi connectivity index (χ4n) is 2.04. The summed E-state index contributed by atoms with van der Waals surface area (Å²) in [6.45, 7) is 1.26. The maximum absolute atomic E-state index is 10.7. The van der Waals surface area contributed by atoms with Crippen LogP contribution in [0.5, 0.6) is 5.75 Å². The van der Waals surface area contributed by atoms with Crippen LogP contribution in [0.2, 0.25) is 0 Å². The average Bonchev–Trinajstić information content (AvgIpc) is 2.19. The number of phenols is 1. The van der Waals surface area contributed by atoms with Gasteiger partial charge in [0.2, 0.25) is 0 Å². The molecule has 0 fully saturated rings. The molecule has 0 aliphatic carbocycles. The minimum atomic E-state index is -0.807. The van der Waals surface area contributed by atoms with Crippen LogP contribution in [0, 0.1) is 0 Å². The van der Waals surface area contributed by atoms with Gasteiger partial charge in [0.1, 0.15) is 5.75 Å². The van der Waals surface area contributed by atoms with Gasteiger partial charge in [0.25, 0.3) is 0 Å². The molecule has 15 heavy (non-hydrogen) atoms. The molecule has 4 heteroatoms. The molecular formula is C11H13NO3. The second-order valence-corrected chi connectivity index (χ2v) is 3.77. The van der Waals surface area contributed by atoms with Gasteiger partial charge in [-0.05, 0) is 11.6 Å². The number of aliphatic carboxylic acids is 1. The number of carboxylic acids is 1. The maximum atomic E-state index is 10.7. The third-order valence-electron chi connectivity index (χ3n) is 2.74. The molecule has 1 atom stereocenters. The van der Waals surface area contributed by atoms with Crippen molar-refractivity contribution in [3.8, 4) is 5.75 Å². The van der Waals surface area contributed by atoms with Crippen molar-refractivity contribution >= 4 is 5.97 Å². The van der Waals surface area contributed by atoms with Crippen LogP contribution in [0.3, 0.4) is 0 Å². The molecule has 1 heterocycles. The summed E-state index contributed by atoms with van der Waals surface area (Å²) in [5.74, 6) is -0.605. The van der Waals surface area contributed by atoms with E-state index >= 15 is 0 Å². The van der Waals surface area contributed by atoms with E-state index in [0.29, 0.717) is 13.1 Å². The minimum Gasteiger partial charge on any atom is -0.508 e. The number of phenolic OH excluding ortho intramolecular Hbond substituents is 1. The van der Waals surface area contributed by atoms with Crippen LogP contribution in [-0.2, 0) is 11.3 Å². The Labute approximate surface area is 87.6 Å². The normalized spacial score (nSPS) is 19.6. The molecule has 0 radical (unpaired) electrons. The van der Waals surface area contributed by atoms with E-state index in [4.69, 9.17) is 5.11 Å². The molecule has 0 bridgehead atoms. The number of hydrogen-bond donors (Lipinski definition) is 3. The Balaban J connectivity index is 2.34. The predicted octanol–water partition coefficient (Wildman–Crippen LogP) is 1.05. The van der Waals surface area contributed by atoms with Crippen molar-refractivity contribution in [3.05, 3.63) is 29.3 Å². The Hall–Kier alpha value is -1.55. The van der Waals surface area contributed by atoms with E-state index in [1.165, 1.54) is 0 Å². The lowest BCUT2D eigenvalue weighted by Gasteiger charge is -2.25. The molecule has 0 aromatic heterocycles. The Morgan fingerprint density at radius 2 is 2.33 bits per heavy atom. The number of benzene rings is 1. The summed E-state index contributed by atoms with van der Waals surface area (Å²) in [7, 11) is 0. The summed E-state index contributed by atoms with van der Waals surface area (Å²) in [5, 5.41) is 21.5. The summed E-state index contributed by atoms with van der Waals surface area (Å²) >= 11 is 0. The molecule has 0 saturated heterocycles. The number of carboxylic acid groups (broad SMARTS) is 1. The Morgan fingerprint density at radius 3 is 3.07 bits per heavy atom. The minimum absolute atomic E-state index is 0.0432. The van der Waals surface area contributed by atoms with Crippen LogP contribution in [0.4, 0.5) is 0 Å². The smallest absolute Gasteiger partial charge is 0.304 e. The second kappa shape index (κ2) is 3.90. The van der Waals surface area contributed by atoms with Gasteiger partial charge in [0.15, 0.2) is 0 Å². The van der Waals surface area contributed by atoms with Crippen LogP contribution >= 0.6 is 0 Å². The van der Waals surface area contributed by atoms with Gasteiger partial charge in [-0.2, -0.15) is 0 Å². The van der Waals surface area contributed by atoms with Gasteiger partial charge in [0, 0.05) is 24.6 Å². The molecule has 3 N–H and O–H groups in total.